The molecule has 10 nitrogen and oxygen atoms in total. The van der Waals surface area contributed by atoms with Crippen molar-refractivity contribution >= 4 is 23.2 Å². The first-order valence-corrected chi connectivity index (χ1v) is 12.1. The molecule has 10 heteroatoms. The van der Waals surface area contributed by atoms with Crippen molar-refractivity contribution in [1.82, 2.24) is 25.5 Å². The average molecular weight is 462 g/mol. The van der Waals surface area contributed by atoms with Gasteiger partial charge in [-0.05, 0) is 66.7 Å². The lowest BCUT2D eigenvalue weighted by Gasteiger charge is -2.42. The van der Waals surface area contributed by atoms with E-state index in [0.717, 1.165) is 37.6 Å². The maximum atomic E-state index is 13.1. The molecule has 0 radical (unpaired) electrons. The van der Waals surface area contributed by atoms with Crippen LogP contribution in [0.4, 0.5) is 11.4 Å². The van der Waals surface area contributed by atoms with E-state index in [1.54, 1.807) is 12.1 Å². The third kappa shape index (κ3) is 3.27. The van der Waals surface area contributed by atoms with Gasteiger partial charge in [0.1, 0.15) is 0 Å². The van der Waals surface area contributed by atoms with Crippen LogP contribution >= 0.6 is 0 Å². The van der Waals surface area contributed by atoms with E-state index in [4.69, 9.17) is 4.74 Å². The predicted octanol–water partition coefficient (Wildman–Crippen LogP) is 1.61. The molecule has 176 valence electrons. The number of benzene rings is 1. The normalized spacial score (nSPS) is 28.4. The molecule has 4 fully saturated rings. The first-order valence-electron chi connectivity index (χ1n) is 12.1. The number of carbonyl (C=O) groups excluding carboxylic acids is 2. The molecule has 2 saturated heterocycles. The number of aromatic nitrogens is 2. The van der Waals surface area contributed by atoms with E-state index in [1.165, 1.54) is 12.8 Å². The standard InChI is InChI=1S/C24H27N7O3/c32-23(14-3-4-19-21(7-14)27-29-26-19)30-8-15-16(9-30)18-11-31(10-17(15)18)24(33)20-5-6-22(28-25-20)34-12-13-1-2-13/h3-7,13,15-18,26-27,29H,1-2,8-12H2/t15-,16+,17+,18-. The van der Waals surface area contributed by atoms with Gasteiger partial charge >= 0.3 is 0 Å². The lowest BCUT2D eigenvalue weighted by Crippen LogP contribution is -2.44. The summed E-state index contributed by atoms with van der Waals surface area (Å²) in [5, 5.41) is 8.21. The number of amides is 2. The minimum atomic E-state index is -0.0606. The molecule has 0 unspecified atom stereocenters. The van der Waals surface area contributed by atoms with Gasteiger partial charge < -0.3 is 25.4 Å². The predicted molar refractivity (Wildman–Crippen MR) is 123 cm³/mol. The molecule has 3 N–H and O–H groups in total. The van der Waals surface area contributed by atoms with Gasteiger partial charge in [-0.2, -0.15) is 0 Å². The first-order chi connectivity index (χ1) is 16.6. The number of ether oxygens (including phenoxy) is 1. The van der Waals surface area contributed by atoms with E-state index in [2.05, 4.69) is 26.6 Å². The summed E-state index contributed by atoms with van der Waals surface area (Å²) in [6, 6.07) is 9.12. The Kier molecular flexibility index (Phi) is 4.45. The number of hydrogen-bond donors (Lipinski definition) is 3. The highest BCUT2D eigenvalue weighted by Crippen LogP contribution is 2.54. The Morgan fingerprint density at radius 2 is 1.53 bits per heavy atom. The summed E-state index contributed by atoms with van der Waals surface area (Å²) in [7, 11) is 0. The van der Waals surface area contributed by atoms with Crippen LogP contribution in [-0.2, 0) is 0 Å². The molecule has 4 atom stereocenters. The largest absolute Gasteiger partial charge is 0.476 e. The average Bonchev–Trinajstić information content (AvgIpc) is 3.27. The van der Waals surface area contributed by atoms with E-state index in [-0.39, 0.29) is 11.8 Å². The maximum absolute atomic E-state index is 13.1. The van der Waals surface area contributed by atoms with E-state index in [9.17, 15) is 9.59 Å². The molecular weight excluding hydrogens is 434 g/mol. The van der Waals surface area contributed by atoms with Crippen LogP contribution in [0.3, 0.4) is 0 Å². The van der Waals surface area contributed by atoms with Crippen LogP contribution in [0.1, 0.15) is 33.7 Å². The molecule has 1 aromatic heterocycles. The quantitative estimate of drug-likeness (QED) is 0.616. The summed E-state index contributed by atoms with van der Waals surface area (Å²) in [6.45, 7) is 3.67. The molecule has 2 aliphatic carbocycles. The van der Waals surface area contributed by atoms with Gasteiger partial charge in [0.2, 0.25) is 5.88 Å². The Bertz CT molecular complexity index is 1130. The van der Waals surface area contributed by atoms with Crippen LogP contribution in [0.5, 0.6) is 5.88 Å². The lowest BCUT2D eigenvalue weighted by atomic mass is 9.60. The number of likely N-dealkylation sites (tertiary alicyclic amines) is 2. The molecule has 5 aliphatic rings. The fraction of sp³-hybridized carbons (Fsp3) is 0.500. The fourth-order valence-electron chi connectivity index (χ4n) is 6.11. The summed E-state index contributed by atoms with van der Waals surface area (Å²) in [6.07, 6.45) is 2.44. The Morgan fingerprint density at radius 1 is 0.853 bits per heavy atom. The van der Waals surface area contributed by atoms with E-state index in [0.29, 0.717) is 53.3 Å². The molecule has 1 aromatic carbocycles. The van der Waals surface area contributed by atoms with Crippen LogP contribution in [0.25, 0.3) is 0 Å². The molecule has 0 spiro atoms. The third-order valence-corrected chi connectivity index (χ3v) is 8.18. The monoisotopic (exact) mass is 461 g/mol. The molecule has 4 heterocycles. The number of hydrazine groups is 2. The van der Waals surface area contributed by atoms with Crippen molar-refractivity contribution in [3.63, 3.8) is 0 Å². The molecule has 3 aliphatic heterocycles. The second-order valence-electron chi connectivity index (χ2n) is 10.2. The zero-order chi connectivity index (χ0) is 22.8. The number of hydrogen-bond acceptors (Lipinski definition) is 8. The third-order valence-electron chi connectivity index (χ3n) is 8.18. The molecule has 2 aromatic rings. The Labute approximate surface area is 197 Å². The van der Waals surface area contributed by atoms with Gasteiger partial charge in [-0.1, -0.05) is 0 Å². The second-order valence-corrected chi connectivity index (χ2v) is 10.2. The topological polar surface area (TPSA) is 112 Å². The fourth-order valence-corrected chi connectivity index (χ4v) is 6.11. The van der Waals surface area contributed by atoms with E-state index in [1.807, 2.05) is 28.0 Å². The number of fused-ring (bicyclic) bond motifs is 5. The minimum absolute atomic E-state index is 0.0606. The molecule has 0 bridgehead atoms. The zero-order valence-electron chi connectivity index (χ0n) is 18.7. The zero-order valence-corrected chi connectivity index (χ0v) is 18.7. The molecule has 7 rings (SSSR count). The van der Waals surface area contributed by atoms with Crippen LogP contribution in [0.2, 0.25) is 0 Å². The maximum Gasteiger partial charge on any atom is 0.274 e. The highest BCUT2D eigenvalue weighted by atomic mass is 16.5. The lowest BCUT2D eigenvalue weighted by molar-refractivity contribution is 0.0629. The summed E-state index contributed by atoms with van der Waals surface area (Å²) in [4.78, 5) is 30.1. The Morgan fingerprint density at radius 3 is 2.18 bits per heavy atom. The van der Waals surface area contributed by atoms with Crippen molar-refractivity contribution in [2.24, 2.45) is 29.6 Å². The summed E-state index contributed by atoms with van der Waals surface area (Å²) in [5.41, 5.74) is 11.7. The highest BCUT2D eigenvalue weighted by Gasteiger charge is 2.59. The van der Waals surface area contributed by atoms with Crippen molar-refractivity contribution in [1.29, 1.82) is 0 Å². The molecular formula is C24H27N7O3. The van der Waals surface area contributed by atoms with Crippen molar-refractivity contribution in [2.75, 3.05) is 43.6 Å². The van der Waals surface area contributed by atoms with Crippen LogP contribution in [-0.4, -0.2) is 64.6 Å². The number of nitrogens with one attached hydrogen (secondary N) is 3. The van der Waals surface area contributed by atoms with Gasteiger partial charge in [0.05, 0.1) is 18.0 Å². The van der Waals surface area contributed by atoms with Gasteiger partial charge in [-0.3, -0.25) is 9.59 Å². The van der Waals surface area contributed by atoms with Crippen molar-refractivity contribution in [2.45, 2.75) is 12.8 Å². The van der Waals surface area contributed by atoms with Crippen molar-refractivity contribution < 1.29 is 14.3 Å². The summed E-state index contributed by atoms with van der Waals surface area (Å²) >= 11 is 0. The molecule has 34 heavy (non-hydrogen) atoms. The van der Waals surface area contributed by atoms with Crippen LogP contribution in [0.15, 0.2) is 30.3 Å². The summed E-state index contributed by atoms with van der Waals surface area (Å²) < 4.78 is 5.63. The van der Waals surface area contributed by atoms with Crippen LogP contribution < -0.4 is 21.1 Å². The molecule has 2 saturated carbocycles. The minimum Gasteiger partial charge on any atom is -0.476 e. The smallest absolute Gasteiger partial charge is 0.274 e. The Balaban J connectivity index is 0.967. The van der Waals surface area contributed by atoms with Gasteiger partial charge in [0.25, 0.3) is 11.8 Å². The number of anilines is 2. The van der Waals surface area contributed by atoms with Crippen LogP contribution in [0, 0.1) is 29.6 Å². The van der Waals surface area contributed by atoms with Crippen molar-refractivity contribution in [3.8, 4) is 5.88 Å². The van der Waals surface area contributed by atoms with Gasteiger partial charge in [0, 0.05) is 37.8 Å². The number of nitrogens with zero attached hydrogens (tertiary/aromatic N) is 4. The van der Waals surface area contributed by atoms with Crippen molar-refractivity contribution in [3.05, 3.63) is 41.6 Å². The second kappa shape index (κ2) is 7.56. The Hall–Kier alpha value is -3.40. The van der Waals surface area contributed by atoms with Gasteiger partial charge in [0.15, 0.2) is 5.69 Å². The summed E-state index contributed by atoms with van der Waals surface area (Å²) in [5.74, 6) is 2.99. The van der Waals surface area contributed by atoms with E-state index < -0.39 is 0 Å². The number of carbonyl (C=O) groups is 2. The first kappa shape index (κ1) is 20.0. The van der Waals surface area contributed by atoms with E-state index >= 15 is 0 Å². The van der Waals surface area contributed by atoms with Gasteiger partial charge in [-0.15, -0.1) is 15.7 Å². The molecule has 2 amide bonds. The number of rotatable bonds is 5. The SMILES string of the molecule is O=C(c1ccc2c(c1)NNN2)N1C[C@@H]2[C@H](C1)[C@H]1CN(C(=O)c3ccc(OCC4CC4)nn3)C[C@@H]21. The highest BCUT2D eigenvalue weighted by molar-refractivity contribution is 5.97. The van der Waals surface area contributed by atoms with Gasteiger partial charge in [-0.25, -0.2) is 0 Å².